The number of carbonyl (C=O) groups is 1. The number of nitrogens with zero attached hydrogens (tertiary/aromatic N) is 4. The Bertz CT molecular complexity index is 1770. The van der Waals surface area contributed by atoms with Gasteiger partial charge in [-0.05, 0) is 49.9 Å². The standard InChI is InChI=1S/C28H28N6O3/c1-15-4-3-5-18-20-14-33(9-6-21(20)29-24(15)18)28(36)19-13-23-22(12-16(19)2)30-27(35)26-32-31-25(34(23)26)17-7-10-37-11-8-17/h3-5,12-13,17,29H,6-11,14H2,1-2H3,(H,30,35). The molecule has 1 amide bonds. The fourth-order valence-electron chi connectivity index (χ4n) is 6.02. The van der Waals surface area contributed by atoms with Gasteiger partial charge in [-0.1, -0.05) is 18.2 Å². The Morgan fingerprint density at radius 1 is 1.08 bits per heavy atom. The van der Waals surface area contributed by atoms with E-state index in [2.05, 4.69) is 45.3 Å². The van der Waals surface area contributed by atoms with Gasteiger partial charge in [-0.15, -0.1) is 10.2 Å². The van der Waals surface area contributed by atoms with E-state index in [0.717, 1.165) is 41.7 Å². The van der Waals surface area contributed by atoms with Crippen LogP contribution >= 0.6 is 0 Å². The van der Waals surface area contributed by atoms with E-state index in [4.69, 9.17) is 4.74 Å². The Morgan fingerprint density at radius 3 is 2.76 bits per heavy atom. The molecular weight excluding hydrogens is 468 g/mol. The van der Waals surface area contributed by atoms with E-state index in [9.17, 15) is 9.59 Å². The minimum atomic E-state index is -0.282. The minimum Gasteiger partial charge on any atom is -0.381 e. The molecule has 0 bridgehead atoms. The van der Waals surface area contributed by atoms with Gasteiger partial charge in [-0.3, -0.25) is 14.0 Å². The largest absolute Gasteiger partial charge is 0.381 e. The first kappa shape index (κ1) is 22.2. The summed E-state index contributed by atoms with van der Waals surface area (Å²) in [5, 5.41) is 9.81. The van der Waals surface area contributed by atoms with Gasteiger partial charge in [-0.25, -0.2) is 0 Å². The van der Waals surface area contributed by atoms with Gasteiger partial charge in [-0.2, -0.15) is 0 Å². The van der Waals surface area contributed by atoms with E-state index < -0.39 is 0 Å². The van der Waals surface area contributed by atoms with Crippen LogP contribution in [0.2, 0.25) is 0 Å². The zero-order chi connectivity index (χ0) is 25.3. The molecule has 7 rings (SSSR count). The van der Waals surface area contributed by atoms with Crippen LogP contribution in [0.1, 0.15) is 57.3 Å². The number of ether oxygens (including phenoxy) is 1. The summed E-state index contributed by atoms with van der Waals surface area (Å²) in [5.41, 5.74) is 7.63. The number of hydrogen-bond donors (Lipinski definition) is 2. The van der Waals surface area contributed by atoms with Crippen molar-refractivity contribution in [2.75, 3.05) is 19.8 Å². The number of fused-ring (bicyclic) bond motifs is 6. The zero-order valence-corrected chi connectivity index (χ0v) is 20.9. The van der Waals surface area contributed by atoms with Crippen LogP contribution in [0.15, 0.2) is 35.1 Å². The van der Waals surface area contributed by atoms with Gasteiger partial charge in [0.05, 0.1) is 11.0 Å². The lowest BCUT2D eigenvalue weighted by Crippen LogP contribution is -2.36. The molecule has 2 aliphatic heterocycles. The highest BCUT2D eigenvalue weighted by Gasteiger charge is 2.28. The van der Waals surface area contributed by atoms with E-state index >= 15 is 0 Å². The molecule has 0 atom stereocenters. The predicted molar refractivity (Wildman–Crippen MR) is 140 cm³/mol. The number of aryl methyl sites for hydroxylation is 2. The first-order chi connectivity index (χ1) is 18.0. The molecule has 37 heavy (non-hydrogen) atoms. The molecule has 0 aliphatic carbocycles. The number of H-pyrrole nitrogens is 2. The topological polar surface area (TPSA) is 108 Å². The molecule has 1 saturated heterocycles. The Morgan fingerprint density at radius 2 is 1.92 bits per heavy atom. The van der Waals surface area contributed by atoms with Crippen LogP contribution in [0.5, 0.6) is 0 Å². The third-order valence-electron chi connectivity index (χ3n) is 8.05. The predicted octanol–water partition coefficient (Wildman–Crippen LogP) is 3.76. The van der Waals surface area contributed by atoms with E-state index in [1.165, 1.54) is 22.2 Å². The highest BCUT2D eigenvalue weighted by Crippen LogP contribution is 2.32. The first-order valence-corrected chi connectivity index (χ1v) is 12.9. The molecule has 5 heterocycles. The molecule has 0 unspecified atom stereocenters. The van der Waals surface area contributed by atoms with Crippen LogP contribution in [-0.4, -0.2) is 55.1 Å². The summed E-state index contributed by atoms with van der Waals surface area (Å²) >= 11 is 0. The van der Waals surface area contributed by atoms with E-state index in [1.54, 1.807) is 0 Å². The fraction of sp³-hybridized carbons (Fsp3) is 0.357. The number of aromatic nitrogens is 5. The first-order valence-electron chi connectivity index (χ1n) is 12.9. The van der Waals surface area contributed by atoms with Crippen molar-refractivity contribution in [1.29, 1.82) is 0 Å². The average molecular weight is 497 g/mol. The van der Waals surface area contributed by atoms with E-state index in [0.29, 0.717) is 37.4 Å². The second kappa shape index (κ2) is 8.27. The molecule has 0 radical (unpaired) electrons. The molecule has 1 fully saturated rings. The van der Waals surface area contributed by atoms with E-state index in [1.807, 2.05) is 28.4 Å². The number of aromatic amines is 2. The van der Waals surface area contributed by atoms with Crippen molar-refractivity contribution in [2.24, 2.45) is 0 Å². The van der Waals surface area contributed by atoms with Gasteiger partial charge >= 0.3 is 0 Å². The summed E-state index contributed by atoms with van der Waals surface area (Å²) in [6.07, 6.45) is 2.44. The van der Waals surface area contributed by atoms with Crippen LogP contribution in [-0.2, 0) is 17.7 Å². The van der Waals surface area contributed by atoms with Crippen molar-refractivity contribution in [3.05, 3.63) is 74.5 Å². The zero-order valence-electron chi connectivity index (χ0n) is 20.9. The lowest BCUT2D eigenvalue weighted by molar-refractivity contribution is 0.0734. The molecular formula is C28H28N6O3. The van der Waals surface area contributed by atoms with Crippen molar-refractivity contribution in [3.63, 3.8) is 0 Å². The van der Waals surface area contributed by atoms with Crippen LogP contribution in [0.4, 0.5) is 0 Å². The van der Waals surface area contributed by atoms with Gasteiger partial charge in [0.1, 0.15) is 5.82 Å². The van der Waals surface area contributed by atoms with Crippen molar-refractivity contribution >= 4 is 33.5 Å². The molecule has 2 aliphatic rings. The van der Waals surface area contributed by atoms with Gasteiger partial charge in [0.15, 0.2) is 0 Å². The maximum atomic E-state index is 13.9. The highest BCUT2D eigenvalue weighted by atomic mass is 16.5. The number of para-hydroxylation sites is 1. The van der Waals surface area contributed by atoms with Crippen LogP contribution < -0.4 is 5.56 Å². The van der Waals surface area contributed by atoms with Crippen molar-refractivity contribution in [1.82, 2.24) is 29.5 Å². The Kier molecular flexibility index (Phi) is 4.97. The molecule has 3 aromatic heterocycles. The quantitative estimate of drug-likeness (QED) is 0.387. The number of benzene rings is 2. The normalized spacial score (nSPS) is 16.6. The number of rotatable bonds is 2. The second-order valence-electron chi connectivity index (χ2n) is 10.3. The van der Waals surface area contributed by atoms with Crippen molar-refractivity contribution < 1.29 is 9.53 Å². The molecule has 0 spiro atoms. The van der Waals surface area contributed by atoms with Crippen LogP contribution in [0.25, 0.3) is 27.6 Å². The van der Waals surface area contributed by atoms with Crippen molar-refractivity contribution in [3.8, 4) is 0 Å². The maximum absolute atomic E-state index is 13.9. The summed E-state index contributed by atoms with van der Waals surface area (Å²) in [5.74, 6) is 0.903. The third kappa shape index (κ3) is 3.41. The summed E-state index contributed by atoms with van der Waals surface area (Å²) in [6, 6.07) is 10.1. The van der Waals surface area contributed by atoms with Gasteiger partial charge in [0.25, 0.3) is 11.5 Å². The van der Waals surface area contributed by atoms with Gasteiger partial charge in [0, 0.05) is 66.4 Å². The molecule has 188 valence electrons. The minimum absolute atomic E-state index is 0.00732. The molecule has 2 N–H and O–H groups in total. The summed E-state index contributed by atoms with van der Waals surface area (Å²) in [6.45, 7) is 6.56. The number of carbonyl (C=O) groups excluding carboxylic acids is 1. The SMILES string of the molecule is Cc1cc2[nH]c(=O)c3nnc(C4CCOCC4)n3c2cc1C(=O)N1CCc2[nH]c3c(C)cccc3c2C1. The monoisotopic (exact) mass is 496 g/mol. The number of nitrogens with one attached hydrogen (secondary N) is 2. The second-order valence-corrected chi connectivity index (χ2v) is 10.3. The summed E-state index contributed by atoms with van der Waals surface area (Å²) in [4.78, 5) is 35.2. The highest BCUT2D eigenvalue weighted by molar-refractivity contribution is 6.00. The lowest BCUT2D eigenvalue weighted by Gasteiger charge is -2.28. The smallest absolute Gasteiger partial charge is 0.294 e. The van der Waals surface area contributed by atoms with Gasteiger partial charge < -0.3 is 19.6 Å². The van der Waals surface area contributed by atoms with Crippen LogP contribution in [0, 0.1) is 13.8 Å². The van der Waals surface area contributed by atoms with E-state index in [-0.39, 0.29) is 23.0 Å². The number of hydrogen-bond acceptors (Lipinski definition) is 5. The summed E-state index contributed by atoms with van der Waals surface area (Å²) in [7, 11) is 0. The third-order valence-corrected chi connectivity index (χ3v) is 8.05. The molecule has 2 aromatic carbocycles. The Labute approximate surface area is 212 Å². The maximum Gasteiger partial charge on any atom is 0.294 e. The Balaban J connectivity index is 1.32. The average Bonchev–Trinajstić information content (AvgIpc) is 3.52. The summed E-state index contributed by atoms with van der Waals surface area (Å²) < 4.78 is 7.37. The number of amides is 1. The molecule has 9 heteroatoms. The molecule has 9 nitrogen and oxygen atoms in total. The Hall–Kier alpha value is -3.98. The fourth-order valence-corrected chi connectivity index (χ4v) is 6.02. The van der Waals surface area contributed by atoms with Gasteiger partial charge in [0.2, 0.25) is 5.65 Å². The molecule has 0 saturated carbocycles. The van der Waals surface area contributed by atoms with Crippen LogP contribution in [0.3, 0.4) is 0 Å². The van der Waals surface area contributed by atoms with Crippen molar-refractivity contribution in [2.45, 2.75) is 45.6 Å². The molecule has 5 aromatic rings. The lowest BCUT2D eigenvalue weighted by atomic mass is 9.99.